The zero-order valence-corrected chi connectivity index (χ0v) is 13.7. The van der Waals surface area contributed by atoms with Gasteiger partial charge in [0.25, 0.3) is 0 Å². The molecule has 116 valence electrons. The van der Waals surface area contributed by atoms with E-state index in [1.54, 1.807) is 0 Å². The molecular weight excluding hydrogens is 282 g/mol. The molecule has 2 N–H and O–H groups in total. The van der Waals surface area contributed by atoms with E-state index in [4.69, 9.17) is 10.5 Å². The van der Waals surface area contributed by atoms with Crippen LogP contribution in [0.1, 0.15) is 19.4 Å². The Balaban J connectivity index is 1.84. The zero-order chi connectivity index (χ0) is 15.1. The topological polar surface area (TPSA) is 50.9 Å². The first-order valence-corrected chi connectivity index (χ1v) is 8.65. The van der Waals surface area contributed by atoms with Gasteiger partial charge in [0.15, 0.2) is 5.96 Å². The highest BCUT2D eigenvalue weighted by Crippen LogP contribution is 2.14. The van der Waals surface area contributed by atoms with Crippen LogP contribution in [0.4, 0.5) is 0 Å². The molecule has 0 radical (unpaired) electrons. The van der Waals surface area contributed by atoms with E-state index in [0.717, 1.165) is 42.5 Å². The number of benzene rings is 1. The van der Waals surface area contributed by atoms with E-state index < -0.39 is 0 Å². The van der Waals surface area contributed by atoms with Gasteiger partial charge in [-0.2, -0.15) is 11.8 Å². The minimum atomic E-state index is 0.539. The van der Waals surface area contributed by atoms with E-state index in [2.05, 4.69) is 35.9 Å². The third-order valence-electron chi connectivity index (χ3n) is 3.27. The fourth-order valence-electron chi connectivity index (χ4n) is 2.02. The number of aliphatic imine (C=N–C) groups is 1. The lowest BCUT2D eigenvalue weighted by Crippen LogP contribution is -2.42. The Morgan fingerprint density at radius 3 is 2.57 bits per heavy atom. The summed E-state index contributed by atoms with van der Waals surface area (Å²) in [7, 11) is 0. The van der Waals surface area contributed by atoms with E-state index >= 15 is 0 Å². The summed E-state index contributed by atoms with van der Waals surface area (Å²) in [6, 6.07) is 8.11. The fourth-order valence-corrected chi connectivity index (χ4v) is 2.92. The quantitative estimate of drug-likeness (QED) is 0.671. The molecule has 1 saturated heterocycles. The van der Waals surface area contributed by atoms with Crippen molar-refractivity contribution in [3.63, 3.8) is 0 Å². The zero-order valence-electron chi connectivity index (χ0n) is 12.9. The van der Waals surface area contributed by atoms with Gasteiger partial charge in [0, 0.05) is 24.6 Å². The summed E-state index contributed by atoms with van der Waals surface area (Å²) in [6.07, 6.45) is 0. The van der Waals surface area contributed by atoms with Gasteiger partial charge in [-0.05, 0) is 23.6 Å². The third-order valence-corrected chi connectivity index (χ3v) is 4.21. The van der Waals surface area contributed by atoms with Crippen molar-refractivity contribution in [1.29, 1.82) is 0 Å². The third kappa shape index (κ3) is 5.50. The molecule has 21 heavy (non-hydrogen) atoms. The van der Waals surface area contributed by atoms with Gasteiger partial charge in [0.2, 0.25) is 0 Å². The summed E-state index contributed by atoms with van der Waals surface area (Å²) in [5.74, 6) is 4.39. The van der Waals surface area contributed by atoms with Crippen LogP contribution in [0, 0.1) is 5.92 Å². The second kappa shape index (κ2) is 8.17. The first kappa shape index (κ1) is 16.0. The van der Waals surface area contributed by atoms with E-state index in [-0.39, 0.29) is 0 Å². The predicted octanol–water partition coefficient (Wildman–Crippen LogP) is 2.58. The SMILES string of the molecule is CC(C)COc1ccc(CN=C(N)N2CCSCC2)cc1. The van der Waals surface area contributed by atoms with E-state index in [0.29, 0.717) is 18.4 Å². The van der Waals surface area contributed by atoms with Crippen LogP contribution in [0.3, 0.4) is 0 Å². The van der Waals surface area contributed by atoms with Crippen molar-refractivity contribution in [2.75, 3.05) is 31.2 Å². The van der Waals surface area contributed by atoms with Gasteiger partial charge in [0.05, 0.1) is 13.2 Å². The number of hydrogen-bond donors (Lipinski definition) is 1. The van der Waals surface area contributed by atoms with Gasteiger partial charge in [-0.1, -0.05) is 26.0 Å². The first-order chi connectivity index (χ1) is 10.1. The Morgan fingerprint density at radius 2 is 1.95 bits per heavy atom. The monoisotopic (exact) mass is 307 g/mol. The van der Waals surface area contributed by atoms with Crippen LogP contribution in [0.5, 0.6) is 5.75 Å². The molecule has 4 nitrogen and oxygen atoms in total. The molecular formula is C16H25N3OS. The minimum Gasteiger partial charge on any atom is -0.493 e. The molecule has 0 bridgehead atoms. The maximum Gasteiger partial charge on any atom is 0.191 e. The maximum atomic E-state index is 6.05. The van der Waals surface area contributed by atoms with Crippen LogP contribution in [-0.4, -0.2) is 42.1 Å². The van der Waals surface area contributed by atoms with Crippen molar-refractivity contribution in [3.05, 3.63) is 29.8 Å². The highest BCUT2D eigenvalue weighted by atomic mass is 32.2. The fraction of sp³-hybridized carbons (Fsp3) is 0.562. The van der Waals surface area contributed by atoms with Crippen molar-refractivity contribution >= 4 is 17.7 Å². The molecule has 0 amide bonds. The number of guanidine groups is 1. The molecule has 0 spiro atoms. The number of nitrogens with two attached hydrogens (primary N) is 1. The van der Waals surface area contributed by atoms with Crippen LogP contribution in [0.25, 0.3) is 0 Å². The Bertz CT molecular complexity index is 453. The molecule has 1 aliphatic rings. The molecule has 2 rings (SSSR count). The Hall–Kier alpha value is -1.36. The average Bonchev–Trinajstić information content (AvgIpc) is 2.52. The van der Waals surface area contributed by atoms with Crippen LogP contribution in [-0.2, 0) is 6.54 Å². The largest absolute Gasteiger partial charge is 0.493 e. The molecule has 1 fully saturated rings. The molecule has 0 aliphatic carbocycles. The van der Waals surface area contributed by atoms with Gasteiger partial charge < -0.3 is 15.4 Å². The van der Waals surface area contributed by atoms with Gasteiger partial charge in [-0.3, -0.25) is 0 Å². The predicted molar refractivity (Wildman–Crippen MR) is 91.0 cm³/mol. The molecule has 1 aromatic rings. The second-order valence-corrected chi connectivity index (χ2v) is 6.85. The number of thioether (sulfide) groups is 1. The average molecular weight is 307 g/mol. The molecule has 5 heteroatoms. The van der Waals surface area contributed by atoms with Crippen molar-refractivity contribution in [3.8, 4) is 5.75 Å². The first-order valence-electron chi connectivity index (χ1n) is 7.49. The van der Waals surface area contributed by atoms with E-state index in [1.807, 2.05) is 23.9 Å². The van der Waals surface area contributed by atoms with Crippen LogP contribution < -0.4 is 10.5 Å². The Labute approximate surface area is 131 Å². The second-order valence-electron chi connectivity index (χ2n) is 5.62. The summed E-state index contributed by atoms with van der Waals surface area (Å²) in [6.45, 7) is 7.66. The van der Waals surface area contributed by atoms with E-state index in [9.17, 15) is 0 Å². The molecule has 0 unspecified atom stereocenters. The van der Waals surface area contributed by atoms with Crippen LogP contribution >= 0.6 is 11.8 Å². The van der Waals surface area contributed by atoms with Gasteiger partial charge in [-0.15, -0.1) is 0 Å². The van der Waals surface area contributed by atoms with Gasteiger partial charge in [-0.25, -0.2) is 4.99 Å². The molecule has 0 saturated carbocycles. The minimum absolute atomic E-state index is 0.539. The van der Waals surface area contributed by atoms with Crippen molar-refractivity contribution in [2.24, 2.45) is 16.6 Å². The summed E-state index contributed by atoms with van der Waals surface area (Å²) >= 11 is 1.97. The van der Waals surface area contributed by atoms with Crippen LogP contribution in [0.2, 0.25) is 0 Å². The smallest absolute Gasteiger partial charge is 0.191 e. The summed E-state index contributed by atoms with van der Waals surface area (Å²) in [5, 5.41) is 0. The Morgan fingerprint density at radius 1 is 1.29 bits per heavy atom. The van der Waals surface area contributed by atoms with Gasteiger partial charge >= 0.3 is 0 Å². The standard InChI is InChI=1S/C16H25N3OS/c1-13(2)12-20-15-5-3-14(4-6-15)11-18-16(17)19-7-9-21-10-8-19/h3-6,13H,7-12H2,1-2H3,(H2,17,18). The van der Waals surface area contributed by atoms with E-state index in [1.165, 1.54) is 0 Å². The number of hydrogen-bond acceptors (Lipinski definition) is 3. The summed E-state index contributed by atoms with van der Waals surface area (Å²) < 4.78 is 5.67. The van der Waals surface area contributed by atoms with Crippen molar-refractivity contribution in [2.45, 2.75) is 20.4 Å². The number of nitrogens with zero attached hydrogens (tertiary/aromatic N) is 2. The normalized spacial score (nSPS) is 16.3. The maximum absolute atomic E-state index is 6.05. The summed E-state index contributed by atoms with van der Waals surface area (Å²) in [5.41, 5.74) is 7.20. The van der Waals surface area contributed by atoms with Crippen molar-refractivity contribution in [1.82, 2.24) is 4.90 Å². The molecule has 0 atom stereocenters. The molecule has 1 aromatic carbocycles. The number of ether oxygens (including phenoxy) is 1. The lowest BCUT2D eigenvalue weighted by Gasteiger charge is -2.27. The lowest BCUT2D eigenvalue weighted by molar-refractivity contribution is 0.271. The van der Waals surface area contributed by atoms with Crippen LogP contribution in [0.15, 0.2) is 29.3 Å². The molecule has 1 heterocycles. The summed E-state index contributed by atoms with van der Waals surface area (Å²) in [4.78, 5) is 6.66. The molecule has 0 aromatic heterocycles. The lowest BCUT2D eigenvalue weighted by atomic mass is 10.2. The van der Waals surface area contributed by atoms with Crippen molar-refractivity contribution < 1.29 is 4.74 Å². The molecule has 1 aliphatic heterocycles. The van der Waals surface area contributed by atoms with Gasteiger partial charge in [0.1, 0.15) is 5.75 Å². The highest BCUT2D eigenvalue weighted by molar-refractivity contribution is 7.99. The number of rotatable bonds is 5. The Kier molecular flexibility index (Phi) is 6.23. The highest BCUT2D eigenvalue weighted by Gasteiger charge is 2.11.